The van der Waals surface area contributed by atoms with Crippen LogP contribution in [0.15, 0.2) is 78.9 Å². The number of likely N-dealkylation sites (N-methyl/N-ethyl adjacent to an activating group) is 1. The van der Waals surface area contributed by atoms with Gasteiger partial charge in [-0.1, -0.05) is 42.5 Å². The van der Waals surface area contributed by atoms with Gasteiger partial charge in [0.2, 0.25) is 21.8 Å². The molecule has 1 unspecified atom stereocenters. The Balaban J connectivity index is 2.00. The van der Waals surface area contributed by atoms with E-state index in [-0.39, 0.29) is 24.6 Å². The largest absolute Gasteiger partial charge is 0.494 e. The topological polar surface area (TPSA) is 96.0 Å². The summed E-state index contributed by atoms with van der Waals surface area (Å²) >= 11 is 0. The summed E-state index contributed by atoms with van der Waals surface area (Å²) in [5.41, 5.74) is 1.71. The molecule has 0 aromatic heterocycles. The molecular formula is C29H34FN3O5S. The normalized spacial score (nSPS) is 11.9. The zero-order chi connectivity index (χ0) is 28.4. The summed E-state index contributed by atoms with van der Waals surface area (Å²) in [7, 11) is -3.87. The second-order valence-corrected chi connectivity index (χ2v) is 10.9. The van der Waals surface area contributed by atoms with Gasteiger partial charge < -0.3 is 15.0 Å². The van der Waals surface area contributed by atoms with Crippen molar-refractivity contribution in [3.05, 3.63) is 95.8 Å². The average molecular weight is 556 g/mol. The Morgan fingerprint density at radius 3 is 2.13 bits per heavy atom. The lowest BCUT2D eigenvalue weighted by molar-refractivity contribution is -0.140. The number of nitrogens with zero attached hydrogens (tertiary/aromatic N) is 2. The highest BCUT2D eigenvalue weighted by Crippen LogP contribution is 2.23. The lowest BCUT2D eigenvalue weighted by Crippen LogP contribution is -2.53. The molecule has 10 heteroatoms. The van der Waals surface area contributed by atoms with Crippen LogP contribution in [0.2, 0.25) is 0 Å². The molecule has 3 rings (SSSR count). The van der Waals surface area contributed by atoms with E-state index >= 15 is 0 Å². The number of hydrogen-bond donors (Lipinski definition) is 1. The molecule has 1 atom stereocenters. The second kappa shape index (κ2) is 13.7. The summed E-state index contributed by atoms with van der Waals surface area (Å²) in [6.45, 7) is 3.87. The fraction of sp³-hybridized carbons (Fsp3) is 0.310. The van der Waals surface area contributed by atoms with Crippen molar-refractivity contribution in [3.8, 4) is 5.75 Å². The van der Waals surface area contributed by atoms with Gasteiger partial charge in [0.05, 0.1) is 18.6 Å². The number of carbonyl (C=O) groups is 2. The highest BCUT2D eigenvalue weighted by Gasteiger charge is 2.32. The molecular weight excluding hydrogens is 521 g/mol. The fourth-order valence-electron chi connectivity index (χ4n) is 4.12. The standard InChI is InChI=1S/C29H34FN3O5S/c1-4-31-29(35)27(19-22-9-7-6-8-10-22)32(20-23-11-13-24(30)14-12-23)28(34)21-33(39(3,36)37)25-15-17-26(18-16-25)38-5-2/h6-18,27H,4-5,19-21H2,1-3H3,(H,31,35). The number of hydrogen-bond acceptors (Lipinski definition) is 5. The summed E-state index contributed by atoms with van der Waals surface area (Å²) in [5, 5.41) is 2.79. The van der Waals surface area contributed by atoms with Crippen molar-refractivity contribution < 1.29 is 27.1 Å². The predicted octanol–water partition coefficient (Wildman–Crippen LogP) is 3.77. The van der Waals surface area contributed by atoms with E-state index in [0.29, 0.717) is 24.5 Å². The van der Waals surface area contributed by atoms with Gasteiger partial charge in [0.25, 0.3) is 0 Å². The van der Waals surface area contributed by atoms with Gasteiger partial charge in [-0.3, -0.25) is 13.9 Å². The molecule has 0 spiro atoms. The first-order valence-electron chi connectivity index (χ1n) is 12.7. The van der Waals surface area contributed by atoms with Crippen LogP contribution in [-0.2, 0) is 32.6 Å². The quantitative estimate of drug-likeness (QED) is 0.347. The SMILES string of the molecule is CCNC(=O)C(Cc1ccccc1)N(Cc1ccc(F)cc1)C(=O)CN(c1ccc(OCC)cc1)S(C)(=O)=O. The van der Waals surface area contributed by atoms with Crippen LogP contribution in [0.3, 0.4) is 0 Å². The molecule has 2 amide bonds. The van der Waals surface area contributed by atoms with Crippen LogP contribution < -0.4 is 14.4 Å². The minimum Gasteiger partial charge on any atom is -0.494 e. The minimum absolute atomic E-state index is 0.0192. The molecule has 208 valence electrons. The maximum atomic E-state index is 13.9. The third-order valence-electron chi connectivity index (χ3n) is 6.00. The zero-order valence-electron chi connectivity index (χ0n) is 22.3. The Kier molecular flexibility index (Phi) is 10.4. The highest BCUT2D eigenvalue weighted by molar-refractivity contribution is 7.92. The molecule has 0 bridgehead atoms. The number of rotatable bonds is 13. The van der Waals surface area contributed by atoms with Crippen molar-refractivity contribution in [2.24, 2.45) is 0 Å². The first-order valence-corrected chi connectivity index (χ1v) is 14.5. The number of carbonyl (C=O) groups excluding carboxylic acids is 2. The maximum absolute atomic E-state index is 13.9. The summed E-state index contributed by atoms with van der Waals surface area (Å²) in [6.07, 6.45) is 1.23. The minimum atomic E-state index is -3.87. The van der Waals surface area contributed by atoms with Crippen LogP contribution in [0.25, 0.3) is 0 Å². The molecule has 0 heterocycles. The van der Waals surface area contributed by atoms with E-state index in [9.17, 15) is 22.4 Å². The Labute approximate surface area is 229 Å². The van der Waals surface area contributed by atoms with E-state index in [4.69, 9.17) is 4.74 Å². The van der Waals surface area contributed by atoms with Gasteiger partial charge in [0.1, 0.15) is 24.2 Å². The Morgan fingerprint density at radius 2 is 1.56 bits per heavy atom. The molecule has 1 N–H and O–H groups in total. The average Bonchev–Trinajstić information content (AvgIpc) is 2.91. The lowest BCUT2D eigenvalue weighted by Gasteiger charge is -2.33. The molecule has 0 saturated carbocycles. The number of nitrogens with one attached hydrogen (secondary N) is 1. The summed E-state index contributed by atoms with van der Waals surface area (Å²) in [6, 6.07) is 20.3. The van der Waals surface area contributed by atoms with Gasteiger partial charge in [-0.15, -0.1) is 0 Å². The summed E-state index contributed by atoms with van der Waals surface area (Å²) < 4.78 is 45.6. The van der Waals surface area contributed by atoms with Crippen molar-refractivity contribution in [1.29, 1.82) is 0 Å². The Bertz CT molecular complexity index is 1330. The van der Waals surface area contributed by atoms with E-state index in [2.05, 4.69) is 5.32 Å². The monoisotopic (exact) mass is 555 g/mol. The molecule has 0 aliphatic carbocycles. The highest BCUT2D eigenvalue weighted by atomic mass is 32.2. The number of anilines is 1. The molecule has 0 saturated heterocycles. The van der Waals surface area contributed by atoms with Crippen molar-refractivity contribution in [3.63, 3.8) is 0 Å². The molecule has 0 fully saturated rings. The van der Waals surface area contributed by atoms with Gasteiger partial charge >= 0.3 is 0 Å². The van der Waals surface area contributed by atoms with Crippen LogP contribution >= 0.6 is 0 Å². The van der Waals surface area contributed by atoms with E-state index in [1.165, 1.54) is 29.2 Å². The maximum Gasteiger partial charge on any atom is 0.244 e. The zero-order valence-corrected chi connectivity index (χ0v) is 23.2. The van der Waals surface area contributed by atoms with Crippen LogP contribution in [0.1, 0.15) is 25.0 Å². The van der Waals surface area contributed by atoms with Crippen molar-refractivity contribution >= 4 is 27.5 Å². The van der Waals surface area contributed by atoms with Crippen molar-refractivity contribution in [1.82, 2.24) is 10.2 Å². The van der Waals surface area contributed by atoms with E-state index in [1.807, 2.05) is 37.3 Å². The van der Waals surface area contributed by atoms with Gasteiger partial charge in [-0.05, 0) is 61.4 Å². The van der Waals surface area contributed by atoms with E-state index < -0.39 is 34.3 Å². The summed E-state index contributed by atoms with van der Waals surface area (Å²) in [5.74, 6) is -0.812. The van der Waals surface area contributed by atoms with Gasteiger partial charge in [0, 0.05) is 19.5 Å². The fourth-order valence-corrected chi connectivity index (χ4v) is 4.97. The van der Waals surface area contributed by atoms with Crippen LogP contribution in [0, 0.1) is 5.82 Å². The number of ether oxygens (including phenoxy) is 1. The van der Waals surface area contributed by atoms with Crippen LogP contribution in [0.5, 0.6) is 5.75 Å². The second-order valence-electron chi connectivity index (χ2n) is 8.94. The van der Waals surface area contributed by atoms with Crippen LogP contribution in [0.4, 0.5) is 10.1 Å². The number of halogens is 1. The van der Waals surface area contributed by atoms with Crippen molar-refractivity contribution in [2.45, 2.75) is 32.9 Å². The lowest BCUT2D eigenvalue weighted by atomic mass is 10.0. The third-order valence-corrected chi connectivity index (χ3v) is 7.14. The predicted molar refractivity (Wildman–Crippen MR) is 149 cm³/mol. The van der Waals surface area contributed by atoms with Gasteiger partial charge in [0.15, 0.2) is 0 Å². The van der Waals surface area contributed by atoms with E-state index in [0.717, 1.165) is 16.1 Å². The Morgan fingerprint density at radius 1 is 0.923 bits per heavy atom. The smallest absolute Gasteiger partial charge is 0.244 e. The number of benzene rings is 3. The third kappa shape index (κ3) is 8.54. The first-order chi connectivity index (χ1) is 18.6. The first kappa shape index (κ1) is 29.6. The molecule has 8 nitrogen and oxygen atoms in total. The molecule has 3 aromatic carbocycles. The molecule has 0 radical (unpaired) electrons. The van der Waals surface area contributed by atoms with Gasteiger partial charge in [-0.2, -0.15) is 0 Å². The molecule has 39 heavy (non-hydrogen) atoms. The van der Waals surface area contributed by atoms with Crippen molar-refractivity contribution in [2.75, 3.05) is 30.3 Å². The van der Waals surface area contributed by atoms with Gasteiger partial charge in [-0.25, -0.2) is 12.8 Å². The number of sulfonamides is 1. The number of amides is 2. The summed E-state index contributed by atoms with van der Waals surface area (Å²) in [4.78, 5) is 28.5. The molecule has 0 aliphatic rings. The molecule has 3 aromatic rings. The molecule has 0 aliphatic heterocycles. The van der Waals surface area contributed by atoms with Crippen LogP contribution in [-0.4, -0.2) is 57.1 Å². The van der Waals surface area contributed by atoms with E-state index in [1.54, 1.807) is 31.2 Å². The Hall–Kier alpha value is -3.92.